The third-order valence-electron chi connectivity index (χ3n) is 7.14. The number of benzene rings is 2. The average Bonchev–Trinajstić information content (AvgIpc) is 3.28. The topological polar surface area (TPSA) is 66.7 Å². The highest BCUT2D eigenvalue weighted by Gasteiger charge is 2.33. The Kier molecular flexibility index (Phi) is 6.97. The van der Waals surface area contributed by atoms with Crippen molar-refractivity contribution in [3.63, 3.8) is 0 Å². The zero-order valence-corrected chi connectivity index (χ0v) is 20.0. The van der Waals surface area contributed by atoms with Gasteiger partial charge in [-0.05, 0) is 75.1 Å². The van der Waals surface area contributed by atoms with E-state index in [1.807, 2.05) is 48.5 Å². The molecule has 0 spiro atoms. The second-order valence-corrected chi connectivity index (χ2v) is 9.88. The number of nitrogens with zero attached hydrogens (tertiary/aromatic N) is 3. The van der Waals surface area contributed by atoms with E-state index in [1.165, 1.54) is 4.90 Å². The van der Waals surface area contributed by atoms with E-state index in [4.69, 9.17) is 16.0 Å². The molecule has 0 saturated carbocycles. The summed E-state index contributed by atoms with van der Waals surface area (Å²) in [5.41, 5.74) is 2.80. The molecule has 6 nitrogen and oxygen atoms in total. The molecule has 2 fully saturated rings. The van der Waals surface area contributed by atoms with Crippen molar-refractivity contribution in [3.05, 3.63) is 65.0 Å². The largest absolute Gasteiger partial charge is 0.440 e. The van der Waals surface area contributed by atoms with Gasteiger partial charge in [-0.1, -0.05) is 35.9 Å². The van der Waals surface area contributed by atoms with E-state index in [0.717, 1.165) is 67.9 Å². The zero-order chi connectivity index (χ0) is 23.5. The van der Waals surface area contributed by atoms with Gasteiger partial charge in [0.2, 0.25) is 11.8 Å². The number of halogens is 1. The Morgan fingerprint density at radius 1 is 0.882 bits per heavy atom. The molecule has 3 aromatic rings. The smallest absolute Gasteiger partial charge is 0.229 e. The van der Waals surface area contributed by atoms with Crippen LogP contribution in [0.1, 0.15) is 61.8 Å². The summed E-state index contributed by atoms with van der Waals surface area (Å²) >= 11 is 5.96. The zero-order valence-electron chi connectivity index (χ0n) is 19.3. The molecule has 2 saturated heterocycles. The van der Waals surface area contributed by atoms with Crippen molar-refractivity contribution in [1.29, 1.82) is 0 Å². The molecule has 0 aliphatic carbocycles. The molecule has 3 heterocycles. The van der Waals surface area contributed by atoms with Crippen LogP contribution in [0, 0.1) is 0 Å². The van der Waals surface area contributed by atoms with Crippen LogP contribution < -0.4 is 0 Å². The number of oxazole rings is 1. The maximum atomic E-state index is 12.6. The van der Waals surface area contributed by atoms with Crippen molar-refractivity contribution < 1.29 is 14.0 Å². The first kappa shape index (κ1) is 23.1. The van der Waals surface area contributed by atoms with Crippen LogP contribution in [0.5, 0.6) is 0 Å². The molecule has 34 heavy (non-hydrogen) atoms. The van der Waals surface area contributed by atoms with Gasteiger partial charge in [-0.2, -0.15) is 0 Å². The molecular formula is C27H30ClN3O3. The predicted molar refractivity (Wildman–Crippen MR) is 132 cm³/mol. The summed E-state index contributed by atoms with van der Waals surface area (Å²) in [7, 11) is 0. The number of fused-ring (bicyclic) bond motifs is 1. The number of rotatable bonds is 7. The van der Waals surface area contributed by atoms with Crippen LogP contribution in [0.2, 0.25) is 5.02 Å². The Bertz CT molecular complexity index is 1100. The summed E-state index contributed by atoms with van der Waals surface area (Å²) in [6, 6.07) is 15.4. The summed E-state index contributed by atoms with van der Waals surface area (Å²) in [6.07, 6.45) is 4.68. The van der Waals surface area contributed by atoms with E-state index >= 15 is 0 Å². The highest BCUT2D eigenvalue weighted by Crippen LogP contribution is 2.31. The number of aromatic nitrogens is 1. The molecule has 0 radical (unpaired) electrons. The van der Waals surface area contributed by atoms with Crippen molar-refractivity contribution in [2.75, 3.05) is 26.2 Å². The lowest BCUT2D eigenvalue weighted by Crippen LogP contribution is -2.43. The van der Waals surface area contributed by atoms with Crippen molar-refractivity contribution in [1.82, 2.24) is 14.8 Å². The Hall–Kier alpha value is -2.70. The third kappa shape index (κ3) is 5.18. The molecule has 0 unspecified atom stereocenters. The highest BCUT2D eigenvalue weighted by atomic mass is 35.5. The number of hydrogen-bond donors (Lipinski definition) is 0. The molecule has 2 amide bonds. The molecule has 0 bridgehead atoms. The second kappa shape index (κ2) is 10.3. The lowest BCUT2D eigenvalue weighted by molar-refractivity contribution is -0.148. The number of imide groups is 1. The normalized spacial score (nSPS) is 18.8. The fraction of sp³-hybridized carbons (Fsp3) is 0.444. The Labute approximate surface area is 204 Å². The summed E-state index contributed by atoms with van der Waals surface area (Å²) in [4.78, 5) is 33.9. The minimum Gasteiger partial charge on any atom is -0.440 e. The number of unbranched alkanes of at least 4 members (excludes halogenated alkanes) is 1. The lowest BCUT2D eigenvalue weighted by atomic mass is 9.88. The van der Waals surface area contributed by atoms with Crippen LogP contribution in [-0.2, 0) is 9.59 Å². The quantitative estimate of drug-likeness (QED) is 0.336. The molecule has 2 aliphatic rings. The molecule has 7 heteroatoms. The van der Waals surface area contributed by atoms with Gasteiger partial charge in [0, 0.05) is 36.2 Å². The summed E-state index contributed by atoms with van der Waals surface area (Å²) < 4.78 is 5.96. The van der Waals surface area contributed by atoms with Crippen LogP contribution in [0.25, 0.3) is 11.1 Å². The van der Waals surface area contributed by atoms with E-state index in [-0.39, 0.29) is 17.7 Å². The van der Waals surface area contributed by atoms with E-state index in [9.17, 15) is 9.59 Å². The Morgan fingerprint density at radius 3 is 2.26 bits per heavy atom. The van der Waals surface area contributed by atoms with Crippen LogP contribution >= 0.6 is 11.6 Å². The fourth-order valence-electron chi connectivity index (χ4n) is 5.15. The Morgan fingerprint density at radius 2 is 1.56 bits per heavy atom. The summed E-state index contributed by atoms with van der Waals surface area (Å²) in [5, 5.41) is 0.661. The summed E-state index contributed by atoms with van der Waals surface area (Å²) in [6.45, 7) is 3.55. The molecule has 0 atom stereocenters. The maximum Gasteiger partial charge on any atom is 0.229 e. The molecular weight excluding hydrogens is 450 g/mol. The first-order valence-corrected chi connectivity index (χ1v) is 12.6. The predicted octanol–water partition coefficient (Wildman–Crippen LogP) is 5.37. The number of likely N-dealkylation sites (tertiary alicyclic amines) is 2. The van der Waals surface area contributed by atoms with Gasteiger partial charge >= 0.3 is 0 Å². The number of para-hydroxylation sites is 2. The molecule has 178 valence electrons. The van der Waals surface area contributed by atoms with Crippen LogP contribution in [0.4, 0.5) is 0 Å². The molecule has 0 N–H and O–H groups in total. The van der Waals surface area contributed by atoms with Gasteiger partial charge < -0.3 is 9.32 Å². The first-order chi connectivity index (χ1) is 16.6. The van der Waals surface area contributed by atoms with Gasteiger partial charge in [-0.25, -0.2) is 4.98 Å². The fourth-order valence-corrected chi connectivity index (χ4v) is 5.27. The second-order valence-electron chi connectivity index (χ2n) is 9.44. The lowest BCUT2D eigenvalue weighted by Gasteiger charge is -2.32. The van der Waals surface area contributed by atoms with Gasteiger partial charge in [0.15, 0.2) is 11.5 Å². The van der Waals surface area contributed by atoms with Crippen molar-refractivity contribution in [3.8, 4) is 0 Å². The highest BCUT2D eigenvalue weighted by molar-refractivity contribution is 6.30. The number of piperidine rings is 2. The number of carbonyl (C=O) groups excluding carboxylic acids is 2. The number of amides is 2. The molecule has 5 rings (SSSR count). The van der Waals surface area contributed by atoms with Gasteiger partial charge in [0.1, 0.15) is 5.52 Å². The Balaban J connectivity index is 1.04. The van der Waals surface area contributed by atoms with Crippen LogP contribution in [-0.4, -0.2) is 52.8 Å². The molecule has 2 aliphatic heterocycles. The number of hydrogen-bond acceptors (Lipinski definition) is 5. The SMILES string of the molecule is O=C1CC(c2ccc(Cl)cc2)CC(=O)N1CCCCN1CCC(c2nc3ccccc3o2)CC1. The number of carbonyl (C=O) groups is 2. The standard InChI is InChI=1S/C27H30ClN3O3/c28-22-9-7-19(8-10-22)21-17-25(32)31(26(33)18-21)14-4-3-13-30-15-11-20(12-16-30)27-29-23-5-1-2-6-24(23)34-27/h1-2,5-10,20-21H,3-4,11-18H2. The van der Waals surface area contributed by atoms with E-state index in [2.05, 4.69) is 9.88 Å². The minimum atomic E-state index is -0.0599. The minimum absolute atomic E-state index is 0.0453. The van der Waals surface area contributed by atoms with Crippen molar-refractivity contribution in [2.24, 2.45) is 0 Å². The van der Waals surface area contributed by atoms with Gasteiger partial charge in [-0.3, -0.25) is 14.5 Å². The molecule has 2 aromatic carbocycles. The molecule has 1 aromatic heterocycles. The van der Waals surface area contributed by atoms with Crippen molar-refractivity contribution in [2.45, 2.75) is 50.4 Å². The van der Waals surface area contributed by atoms with Gasteiger partial charge in [0.05, 0.1) is 0 Å². The van der Waals surface area contributed by atoms with Crippen molar-refractivity contribution >= 4 is 34.5 Å². The van der Waals surface area contributed by atoms with E-state index < -0.39 is 0 Å². The first-order valence-electron chi connectivity index (χ1n) is 12.2. The summed E-state index contributed by atoms with van der Waals surface area (Å²) in [5.74, 6) is 1.07. The monoisotopic (exact) mass is 479 g/mol. The third-order valence-corrected chi connectivity index (χ3v) is 7.39. The van der Waals surface area contributed by atoms with Gasteiger partial charge in [-0.15, -0.1) is 0 Å². The maximum absolute atomic E-state index is 12.6. The van der Waals surface area contributed by atoms with Gasteiger partial charge in [0.25, 0.3) is 0 Å². The average molecular weight is 480 g/mol. The van der Waals surface area contributed by atoms with E-state index in [0.29, 0.717) is 30.3 Å². The van der Waals surface area contributed by atoms with E-state index in [1.54, 1.807) is 0 Å². The van der Waals surface area contributed by atoms with Crippen LogP contribution in [0.15, 0.2) is 52.9 Å². The van der Waals surface area contributed by atoms with Crippen LogP contribution in [0.3, 0.4) is 0 Å².